The van der Waals surface area contributed by atoms with E-state index in [9.17, 15) is 4.79 Å². The highest BCUT2D eigenvalue weighted by Gasteiger charge is 2.27. The summed E-state index contributed by atoms with van der Waals surface area (Å²) in [7, 11) is 0. The first kappa shape index (κ1) is 18.9. The first-order valence-electron chi connectivity index (χ1n) is 9.71. The Bertz CT molecular complexity index is 810. The van der Waals surface area contributed by atoms with E-state index in [0.717, 1.165) is 43.4 Å². The molecule has 2 amide bonds. The van der Waals surface area contributed by atoms with E-state index in [2.05, 4.69) is 33.1 Å². The first-order valence-corrected chi connectivity index (χ1v) is 10.9. The maximum atomic E-state index is 12.5. The molecule has 0 radical (unpaired) electrons. The molecule has 7 nitrogen and oxygen atoms in total. The number of rotatable bonds is 4. The molecule has 1 atom stereocenters. The minimum absolute atomic E-state index is 0.0465. The number of fused-ring (bicyclic) bond motifs is 1. The summed E-state index contributed by atoms with van der Waals surface area (Å²) < 4.78 is 0. The number of carbonyl (C=O) groups is 1. The Hall–Kier alpha value is -2.48. The van der Waals surface area contributed by atoms with E-state index < -0.39 is 0 Å². The van der Waals surface area contributed by atoms with Crippen LogP contribution >= 0.6 is 11.8 Å². The van der Waals surface area contributed by atoms with Crippen LogP contribution in [0.25, 0.3) is 0 Å². The SMILES string of the molecule is CCC1CN2C=NC(N3CCN(C(=O)Nc4ccc(SC)cc4)CC3)=CC2=N1. The van der Waals surface area contributed by atoms with Gasteiger partial charge in [-0.05, 0) is 36.9 Å². The molecule has 1 unspecified atom stereocenters. The van der Waals surface area contributed by atoms with Gasteiger partial charge in [-0.15, -0.1) is 11.8 Å². The van der Waals surface area contributed by atoms with Crippen molar-refractivity contribution in [3.05, 3.63) is 36.2 Å². The number of nitrogens with one attached hydrogen (secondary N) is 1. The van der Waals surface area contributed by atoms with Crippen LogP contribution in [0.5, 0.6) is 0 Å². The number of benzene rings is 1. The number of hydrogen-bond acceptors (Lipinski definition) is 6. The molecule has 3 heterocycles. The summed E-state index contributed by atoms with van der Waals surface area (Å²) in [6.07, 6.45) is 7.04. The molecule has 1 N–H and O–H groups in total. The van der Waals surface area contributed by atoms with Crippen LogP contribution in [-0.2, 0) is 0 Å². The van der Waals surface area contributed by atoms with Gasteiger partial charge in [-0.3, -0.25) is 4.99 Å². The van der Waals surface area contributed by atoms with Crippen LogP contribution in [0.4, 0.5) is 10.5 Å². The Balaban J connectivity index is 1.32. The highest BCUT2D eigenvalue weighted by atomic mass is 32.2. The summed E-state index contributed by atoms with van der Waals surface area (Å²) in [5, 5.41) is 2.99. The van der Waals surface area contributed by atoms with Crippen LogP contribution in [0.1, 0.15) is 13.3 Å². The van der Waals surface area contributed by atoms with Crippen molar-refractivity contribution < 1.29 is 4.79 Å². The third-order valence-corrected chi connectivity index (χ3v) is 6.05. The van der Waals surface area contributed by atoms with E-state index in [1.807, 2.05) is 41.8 Å². The quantitative estimate of drug-likeness (QED) is 0.792. The fourth-order valence-electron chi connectivity index (χ4n) is 3.54. The van der Waals surface area contributed by atoms with Gasteiger partial charge < -0.3 is 20.0 Å². The van der Waals surface area contributed by atoms with Gasteiger partial charge in [-0.25, -0.2) is 9.79 Å². The lowest BCUT2D eigenvalue weighted by atomic mass is 10.2. The summed E-state index contributed by atoms with van der Waals surface area (Å²) in [6.45, 7) is 5.98. The lowest BCUT2D eigenvalue weighted by Crippen LogP contribution is -2.49. The topological polar surface area (TPSA) is 63.5 Å². The second-order valence-corrected chi connectivity index (χ2v) is 7.96. The average molecular weight is 399 g/mol. The van der Waals surface area contributed by atoms with Crippen molar-refractivity contribution >= 4 is 35.7 Å². The molecule has 1 aromatic rings. The number of hydrogen-bond donors (Lipinski definition) is 1. The number of anilines is 1. The minimum atomic E-state index is -0.0465. The number of thioether (sulfide) groups is 1. The molecule has 3 aliphatic heterocycles. The Kier molecular flexibility index (Phi) is 5.57. The molecule has 4 rings (SSSR count). The van der Waals surface area contributed by atoms with Gasteiger partial charge in [-0.1, -0.05) is 6.92 Å². The van der Waals surface area contributed by atoms with Gasteiger partial charge in [0.05, 0.1) is 12.4 Å². The van der Waals surface area contributed by atoms with Gasteiger partial charge in [-0.2, -0.15) is 0 Å². The number of amidine groups is 1. The standard InChI is InChI=1S/C20H26N6OS/c1-3-15-13-26-14-21-18(12-19(26)22-15)24-8-10-25(11-9-24)20(27)23-16-4-6-17(28-2)7-5-16/h4-7,12,14-15H,3,8-11,13H2,1-2H3,(H,23,27). The Morgan fingerprint density at radius 2 is 1.96 bits per heavy atom. The van der Waals surface area contributed by atoms with E-state index in [4.69, 9.17) is 4.99 Å². The minimum Gasteiger partial charge on any atom is -0.353 e. The number of urea groups is 1. The van der Waals surface area contributed by atoms with Crippen LogP contribution in [0.2, 0.25) is 0 Å². The van der Waals surface area contributed by atoms with Crippen LogP contribution in [-0.4, -0.2) is 77.9 Å². The third-order valence-electron chi connectivity index (χ3n) is 5.31. The number of aliphatic imine (C=N–C) groups is 2. The Morgan fingerprint density at radius 1 is 1.21 bits per heavy atom. The van der Waals surface area contributed by atoms with Crippen molar-refractivity contribution in [1.82, 2.24) is 14.7 Å². The Labute approximate surface area is 170 Å². The fraction of sp³-hybridized carbons (Fsp3) is 0.450. The van der Waals surface area contributed by atoms with Crippen LogP contribution in [0.3, 0.4) is 0 Å². The molecule has 1 aromatic carbocycles. The van der Waals surface area contributed by atoms with E-state index in [-0.39, 0.29) is 6.03 Å². The molecule has 0 aliphatic carbocycles. The van der Waals surface area contributed by atoms with Gasteiger partial charge in [0.15, 0.2) is 0 Å². The molecule has 8 heteroatoms. The van der Waals surface area contributed by atoms with Gasteiger partial charge >= 0.3 is 6.03 Å². The van der Waals surface area contributed by atoms with Gasteiger partial charge in [0.1, 0.15) is 11.7 Å². The van der Waals surface area contributed by atoms with Gasteiger partial charge in [0.2, 0.25) is 0 Å². The van der Waals surface area contributed by atoms with E-state index in [1.54, 1.807) is 11.8 Å². The molecule has 0 saturated carbocycles. The third kappa shape index (κ3) is 4.01. The maximum absolute atomic E-state index is 12.5. The zero-order valence-electron chi connectivity index (χ0n) is 16.3. The van der Waals surface area contributed by atoms with Gasteiger partial charge in [0.25, 0.3) is 0 Å². The number of piperazine rings is 1. The molecule has 0 spiro atoms. The van der Waals surface area contributed by atoms with Crippen LogP contribution < -0.4 is 5.32 Å². The van der Waals surface area contributed by atoms with Crippen LogP contribution in [0, 0.1) is 0 Å². The lowest BCUT2D eigenvalue weighted by molar-refractivity contribution is 0.167. The molecular formula is C20H26N6OS. The number of carbonyl (C=O) groups excluding carboxylic acids is 1. The van der Waals surface area contributed by atoms with Crippen molar-refractivity contribution in [1.29, 1.82) is 0 Å². The average Bonchev–Trinajstić information content (AvgIpc) is 3.17. The summed E-state index contributed by atoms with van der Waals surface area (Å²) in [5.74, 6) is 1.95. The summed E-state index contributed by atoms with van der Waals surface area (Å²) in [4.78, 5) is 29.3. The highest BCUT2D eigenvalue weighted by Crippen LogP contribution is 2.21. The summed E-state index contributed by atoms with van der Waals surface area (Å²) in [5.41, 5.74) is 0.828. The summed E-state index contributed by atoms with van der Waals surface area (Å²) in [6, 6.07) is 8.24. The Morgan fingerprint density at radius 3 is 2.64 bits per heavy atom. The van der Waals surface area contributed by atoms with Crippen molar-refractivity contribution in [3.8, 4) is 0 Å². The van der Waals surface area contributed by atoms with Crippen molar-refractivity contribution in [2.45, 2.75) is 24.3 Å². The smallest absolute Gasteiger partial charge is 0.321 e. The molecule has 3 aliphatic rings. The predicted octanol–water partition coefficient (Wildman–Crippen LogP) is 2.93. The highest BCUT2D eigenvalue weighted by molar-refractivity contribution is 7.98. The molecule has 0 aromatic heterocycles. The molecule has 28 heavy (non-hydrogen) atoms. The number of amides is 2. The molecule has 148 valence electrons. The predicted molar refractivity (Wildman–Crippen MR) is 115 cm³/mol. The fourth-order valence-corrected chi connectivity index (χ4v) is 3.95. The second-order valence-electron chi connectivity index (χ2n) is 7.08. The molecule has 0 bridgehead atoms. The zero-order chi connectivity index (χ0) is 19.5. The van der Waals surface area contributed by atoms with E-state index in [1.165, 1.54) is 4.90 Å². The monoisotopic (exact) mass is 398 g/mol. The van der Waals surface area contributed by atoms with Gasteiger partial charge in [0, 0.05) is 49.4 Å². The second kappa shape index (κ2) is 8.26. The summed E-state index contributed by atoms with van der Waals surface area (Å²) >= 11 is 1.69. The van der Waals surface area contributed by atoms with Crippen molar-refractivity contribution in [3.63, 3.8) is 0 Å². The number of nitrogens with zero attached hydrogens (tertiary/aromatic N) is 5. The molecular weight excluding hydrogens is 372 g/mol. The first-order chi connectivity index (χ1) is 13.7. The largest absolute Gasteiger partial charge is 0.353 e. The molecule has 1 fully saturated rings. The van der Waals surface area contributed by atoms with E-state index in [0.29, 0.717) is 19.1 Å². The normalized spacial score (nSPS) is 21.4. The zero-order valence-corrected chi connectivity index (χ0v) is 17.2. The maximum Gasteiger partial charge on any atom is 0.321 e. The molecule has 1 saturated heterocycles. The van der Waals surface area contributed by atoms with E-state index >= 15 is 0 Å². The van der Waals surface area contributed by atoms with Crippen LogP contribution in [0.15, 0.2) is 51.0 Å². The van der Waals surface area contributed by atoms with Crippen molar-refractivity contribution in [2.75, 3.05) is 44.3 Å². The lowest BCUT2D eigenvalue weighted by Gasteiger charge is -2.36. The van der Waals surface area contributed by atoms with Crippen molar-refractivity contribution in [2.24, 2.45) is 9.98 Å².